The van der Waals surface area contributed by atoms with Gasteiger partial charge in [-0.25, -0.2) is 4.79 Å². The predicted octanol–water partition coefficient (Wildman–Crippen LogP) is -0.872. The lowest BCUT2D eigenvalue weighted by Crippen LogP contribution is -2.46. The van der Waals surface area contributed by atoms with Crippen molar-refractivity contribution >= 4 is 53.7 Å². The van der Waals surface area contributed by atoms with E-state index in [0.717, 1.165) is 11.3 Å². The van der Waals surface area contributed by atoms with Gasteiger partial charge in [-0.15, -0.1) is 24.0 Å². The van der Waals surface area contributed by atoms with Gasteiger partial charge in [0.15, 0.2) is 5.96 Å². The summed E-state index contributed by atoms with van der Waals surface area (Å²) in [5, 5.41) is 8.54. The van der Waals surface area contributed by atoms with Gasteiger partial charge in [0.2, 0.25) is 17.7 Å². The van der Waals surface area contributed by atoms with E-state index in [-0.39, 0.29) is 85.0 Å². The zero-order valence-corrected chi connectivity index (χ0v) is 18.4. The molecule has 2 saturated heterocycles. The fourth-order valence-electron chi connectivity index (χ4n) is 4.66. The second-order valence-corrected chi connectivity index (χ2v) is 7.46. The van der Waals surface area contributed by atoms with E-state index in [0.29, 0.717) is 19.0 Å². The van der Waals surface area contributed by atoms with E-state index in [9.17, 15) is 19.2 Å². The van der Waals surface area contributed by atoms with Gasteiger partial charge in [0.1, 0.15) is 0 Å². The molecular formula is C18H25IN6O4. The molecule has 0 radical (unpaired) electrons. The number of rotatable bonds is 6. The predicted molar refractivity (Wildman–Crippen MR) is 114 cm³/mol. The highest BCUT2D eigenvalue weighted by atomic mass is 127. The van der Waals surface area contributed by atoms with Crippen molar-refractivity contribution in [3.63, 3.8) is 0 Å². The Bertz CT molecular complexity index is 738. The monoisotopic (exact) mass is 516 g/mol. The highest BCUT2D eigenvalue weighted by Crippen LogP contribution is 2.52. The van der Waals surface area contributed by atoms with Crippen LogP contribution in [0.5, 0.6) is 0 Å². The minimum atomic E-state index is -0.394. The summed E-state index contributed by atoms with van der Waals surface area (Å²) in [6, 6.07) is -0.394. The molecule has 4 unspecified atom stereocenters. The van der Waals surface area contributed by atoms with Crippen LogP contribution in [-0.4, -0.2) is 79.3 Å². The molecule has 3 fully saturated rings. The molecule has 29 heavy (non-hydrogen) atoms. The molecule has 2 bridgehead atoms. The Balaban J connectivity index is 0.00000240. The molecule has 1 saturated carbocycles. The molecule has 0 aromatic rings. The van der Waals surface area contributed by atoms with Crippen LogP contribution in [0, 0.1) is 23.7 Å². The highest BCUT2D eigenvalue weighted by molar-refractivity contribution is 14.0. The molecule has 11 heteroatoms. The van der Waals surface area contributed by atoms with Crippen molar-refractivity contribution in [1.29, 1.82) is 0 Å². The number of carbonyl (C=O) groups is 4. The van der Waals surface area contributed by atoms with E-state index < -0.39 is 6.03 Å². The average Bonchev–Trinajstić information content (AvgIpc) is 3.43. The summed E-state index contributed by atoms with van der Waals surface area (Å²) < 4.78 is 0. The van der Waals surface area contributed by atoms with E-state index in [1.165, 1.54) is 4.90 Å². The molecule has 4 aliphatic rings. The number of hydrogen-bond acceptors (Lipinski definition) is 5. The van der Waals surface area contributed by atoms with Gasteiger partial charge < -0.3 is 16.0 Å². The molecule has 0 aromatic heterocycles. The Labute approximate surface area is 185 Å². The minimum Gasteiger partial charge on any atom is -0.355 e. The number of guanidine groups is 1. The first kappa shape index (κ1) is 21.5. The van der Waals surface area contributed by atoms with Crippen molar-refractivity contribution in [2.24, 2.45) is 28.7 Å². The molecule has 2 aliphatic carbocycles. The second-order valence-electron chi connectivity index (χ2n) is 7.46. The fraction of sp³-hybridized carbons (Fsp3) is 0.611. The number of fused-ring (bicyclic) bond motifs is 5. The van der Waals surface area contributed by atoms with Crippen molar-refractivity contribution in [3.05, 3.63) is 12.2 Å². The van der Waals surface area contributed by atoms with E-state index in [2.05, 4.69) is 33.1 Å². The Hall–Kier alpha value is -2.18. The van der Waals surface area contributed by atoms with Crippen molar-refractivity contribution in [1.82, 2.24) is 25.8 Å². The number of urea groups is 1. The Morgan fingerprint density at radius 1 is 1.03 bits per heavy atom. The van der Waals surface area contributed by atoms with Crippen LogP contribution in [0.15, 0.2) is 17.1 Å². The molecule has 10 nitrogen and oxygen atoms in total. The largest absolute Gasteiger partial charge is 0.355 e. The second kappa shape index (κ2) is 8.67. The SMILES string of the molecule is CN=C(NCCN1C(=O)CNC1=O)NCCN1C(=O)C2C3C=CC(C3)C2C1=O.I. The van der Waals surface area contributed by atoms with Crippen LogP contribution in [0.25, 0.3) is 0 Å². The quantitative estimate of drug-likeness (QED) is 0.105. The van der Waals surface area contributed by atoms with Crippen LogP contribution in [0.2, 0.25) is 0 Å². The van der Waals surface area contributed by atoms with E-state index in [1.54, 1.807) is 7.05 Å². The fourth-order valence-corrected chi connectivity index (χ4v) is 4.66. The number of imide groups is 2. The summed E-state index contributed by atoms with van der Waals surface area (Å²) in [5.74, 6) is 0.176. The van der Waals surface area contributed by atoms with Crippen LogP contribution in [0.3, 0.4) is 0 Å². The van der Waals surface area contributed by atoms with Crippen molar-refractivity contribution in [3.8, 4) is 0 Å². The van der Waals surface area contributed by atoms with Crippen LogP contribution < -0.4 is 16.0 Å². The Kier molecular flexibility index (Phi) is 6.44. The lowest BCUT2D eigenvalue weighted by Gasteiger charge is -2.19. The zero-order valence-electron chi connectivity index (χ0n) is 16.1. The average molecular weight is 516 g/mol. The molecule has 2 heterocycles. The maximum atomic E-state index is 12.6. The summed E-state index contributed by atoms with van der Waals surface area (Å²) in [7, 11) is 1.60. The first-order chi connectivity index (χ1) is 13.5. The number of nitrogens with one attached hydrogen (secondary N) is 3. The lowest BCUT2D eigenvalue weighted by molar-refractivity contribution is -0.140. The molecule has 2 aliphatic heterocycles. The van der Waals surface area contributed by atoms with Crippen LogP contribution >= 0.6 is 24.0 Å². The van der Waals surface area contributed by atoms with Gasteiger partial charge in [-0.05, 0) is 18.3 Å². The molecule has 4 atom stereocenters. The van der Waals surface area contributed by atoms with E-state index in [4.69, 9.17) is 0 Å². The van der Waals surface area contributed by atoms with Gasteiger partial charge in [-0.2, -0.15) is 0 Å². The number of nitrogens with zero attached hydrogens (tertiary/aromatic N) is 3. The molecule has 3 N–H and O–H groups in total. The van der Waals surface area contributed by atoms with Gasteiger partial charge >= 0.3 is 6.03 Å². The van der Waals surface area contributed by atoms with Crippen LogP contribution in [-0.2, 0) is 14.4 Å². The molecule has 4 rings (SSSR count). The number of carbonyl (C=O) groups excluding carboxylic acids is 4. The third-order valence-corrected chi connectivity index (χ3v) is 5.98. The van der Waals surface area contributed by atoms with Gasteiger partial charge in [0.25, 0.3) is 0 Å². The maximum Gasteiger partial charge on any atom is 0.324 e. The highest BCUT2D eigenvalue weighted by Gasteiger charge is 2.58. The summed E-state index contributed by atoms with van der Waals surface area (Å²) in [4.78, 5) is 54.9. The van der Waals surface area contributed by atoms with Gasteiger partial charge in [-0.1, -0.05) is 12.2 Å². The van der Waals surface area contributed by atoms with E-state index in [1.807, 2.05) is 0 Å². The van der Waals surface area contributed by atoms with Crippen molar-refractivity contribution in [2.75, 3.05) is 39.8 Å². The third-order valence-electron chi connectivity index (χ3n) is 5.98. The minimum absolute atomic E-state index is 0. The number of aliphatic imine (C=N–C) groups is 1. The van der Waals surface area contributed by atoms with Gasteiger partial charge in [-0.3, -0.25) is 29.2 Å². The van der Waals surface area contributed by atoms with Crippen LogP contribution in [0.4, 0.5) is 4.79 Å². The summed E-state index contributed by atoms with van der Waals surface area (Å²) in [6.45, 7) is 1.27. The number of halogens is 1. The number of hydrogen-bond donors (Lipinski definition) is 3. The summed E-state index contributed by atoms with van der Waals surface area (Å²) >= 11 is 0. The van der Waals surface area contributed by atoms with Crippen molar-refractivity contribution < 1.29 is 19.2 Å². The normalized spacial score (nSPS) is 30.0. The summed E-state index contributed by atoms with van der Waals surface area (Å²) in [5.41, 5.74) is 0. The van der Waals surface area contributed by atoms with E-state index >= 15 is 0 Å². The standard InChI is InChI=1S/C18H24N6O4.HI/c1-19-17(20-4-6-23-12(25)9-22-18(23)28)21-5-7-24-15(26)13-10-2-3-11(8-10)14(13)16(24)27;/h2-3,10-11,13-14H,4-9H2,1H3,(H,22,28)(H2,19,20,21);1H. The lowest BCUT2D eigenvalue weighted by atomic mass is 9.85. The number of amides is 5. The zero-order chi connectivity index (χ0) is 19.8. The molecule has 158 valence electrons. The van der Waals surface area contributed by atoms with Crippen molar-refractivity contribution in [2.45, 2.75) is 6.42 Å². The third kappa shape index (κ3) is 3.83. The first-order valence-corrected chi connectivity index (χ1v) is 9.57. The van der Waals surface area contributed by atoms with Crippen LogP contribution in [0.1, 0.15) is 6.42 Å². The Morgan fingerprint density at radius 3 is 2.07 bits per heavy atom. The molecule has 0 aromatic carbocycles. The van der Waals surface area contributed by atoms with Gasteiger partial charge in [0.05, 0.1) is 18.4 Å². The molecule has 0 spiro atoms. The smallest absolute Gasteiger partial charge is 0.324 e. The first-order valence-electron chi connectivity index (χ1n) is 9.57. The topological polar surface area (TPSA) is 123 Å². The number of likely N-dealkylation sites (tertiary alicyclic amines) is 1. The Morgan fingerprint density at radius 2 is 1.59 bits per heavy atom. The van der Waals surface area contributed by atoms with Gasteiger partial charge in [0, 0.05) is 33.2 Å². The summed E-state index contributed by atoms with van der Waals surface area (Å²) in [6.07, 6.45) is 5.08. The molecular weight excluding hydrogens is 491 g/mol. The number of allylic oxidation sites excluding steroid dienone is 2. The maximum absolute atomic E-state index is 12.6. The molecule has 5 amide bonds.